The summed E-state index contributed by atoms with van der Waals surface area (Å²) >= 11 is 0. The van der Waals surface area contributed by atoms with E-state index in [-0.39, 0.29) is 25.1 Å². The fourth-order valence-corrected chi connectivity index (χ4v) is 2.91. The molecular weight excluding hydrogens is 390 g/mol. The van der Waals surface area contributed by atoms with Gasteiger partial charge in [-0.15, -0.1) is 0 Å². The zero-order valence-electron chi connectivity index (χ0n) is 18.5. The van der Waals surface area contributed by atoms with E-state index < -0.39 is 35.7 Å². The molecule has 9 nitrogen and oxygen atoms in total. The Hall–Kier alpha value is -2.81. The molecule has 5 N–H and O–H groups in total. The molecule has 0 spiro atoms. The molecule has 1 aromatic carbocycles. The molecule has 0 saturated heterocycles. The van der Waals surface area contributed by atoms with Gasteiger partial charge in [-0.1, -0.05) is 0 Å². The average Bonchev–Trinajstić information content (AvgIpc) is 2.61. The van der Waals surface area contributed by atoms with Gasteiger partial charge in [0.05, 0.1) is 13.2 Å². The number of nitrogens with two attached hydrogens (primary N) is 1. The van der Waals surface area contributed by atoms with Crippen molar-refractivity contribution in [1.82, 2.24) is 10.6 Å². The monoisotopic (exact) mass is 423 g/mol. The lowest BCUT2D eigenvalue weighted by atomic mass is 9.96. The fourth-order valence-electron chi connectivity index (χ4n) is 2.91. The second-order valence-electron chi connectivity index (χ2n) is 8.17. The van der Waals surface area contributed by atoms with Crippen LogP contribution in [0.4, 0.5) is 4.79 Å². The quantitative estimate of drug-likeness (QED) is 0.464. The predicted molar refractivity (Wildman–Crippen MR) is 112 cm³/mol. The highest BCUT2D eigenvalue weighted by atomic mass is 16.6. The van der Waals surface area contributed by atoms with E-state index >= 15 is 0 Å². The van der Waals surface area contributed by atoms with Crippen molar-refractivity contribution in [2.75, 3.05) is 13.7 Å². The molecule has 0 heterocycles. The van der Waals surface area contributed by atoms with E-state index in [0.29, 0.717) is 0 Å². The number of ether oxygens (including phenoxy) is 2. The molecule has 0 radical (unpaired) electrons. The van der Waals surface area contributed by atoms with Gasteiger partial charge in [0.2, 0.25) is 5.91 Å². The Labute approximate surface area is 177 Å². The van der Waals surface area contributed by atoms with Crippen molar-refractivity contribution in [3.8, 4) is 5.75 Å². The molecule has 2 atom stereocenters. The Balaban J connectivity index is 2.70. The molecular formula is C21H33N3O6. The number of aromatic hydroxyl groups is 1. The number of alkyl carbamates (subject to hydrolysis) is 1. The Morgan fingerprint density at radius 3 is 2.23 bits per heavy atom. The van der Waals surface area contributed by atoms with Gasteiger partial charge in [-0.3, -0.25) is 4.79 Å². The minimum atomic E-state index is -0.967. The molecule has 0 aliphatic heterocycles. The van der Waals surface area contributed by atoms with Crippen LogP contribution in [-0.2, 0) is 25.5 Å². The number of amides is 2. The van der Waals surface area contributed by atoms with Gasteiger partial charge in [-0.05, 0) is 76.3 Å². The second-order valence-corrected chi connectivity index (χ2v) is 8.17. The molecule has 30 heavy (non-hydrogen) atoms. The predicted octanol–water partition coefficient (Wildman–Crippen LogP) is 1.45. The Bertz CT molecular complexity index is 749. The van der Waals surface area contributed by atoms with Crippen LogP contribution >= 0.6 is 0 Å². The average molecular weight is 424 g/mol. The highest BCUT2D eigenvalue weighted by Gasteiger charge is 2.25. The van der Waals surface area contributed by atoms with Crippen LogP contribution in [0.3, 0.4) is 0 Å². The van der Waals surface area contributed by atoms with Crippen molar-refractivity contribution in [2.24, 2.45) is 5.73 Å². The SMILES string of the molecule is COC(=O)C(CCNC(=O)OC(C)(C)C)NC(=O)C(N)Cc1c(C)cc(O)cc1C. The van der Waals surface area contributed by atoms with Gasteiger partial charge < -0.3 is 30.9 Å². The molecule has 1 aromatic rings. The topological polar surface area (TPSA) is 140 Å². The molecule has 2 amide bonds. The summed E-state index contributed by atoms with van der Waals surface area (Å²) in [7, 11) is 1.21. The summed E-state index contributed by atoms with van der Waals surface area (Å²) in [4.78, 5) is 36.3. The first-order valence-corrected chi connectivity index (χ1v) is 9.73. The number of carbonyl (C=O) groups excluding carboxylic acids is 3. The standard InChI is InChI=1S/C21H33N3O6/c1-12-9-14(25)10-13(2)15(12)11-16(22)18(26)24-17(19(27)29-6)7-8-23-20(28)30-21(3,4)5/h9-10,16-17,25H,7-8,11,22H2,1-6H3,(H,23,28)(H,24,26). The summed E-state index contributed by atoms with van der Waals surface area (Å²) in [5.41, 5.74) is 7.90. The molecule has 0 aliphatic carbocycles. The summed E-state index contributed by atoms with van der Waals surface area (Å²) in [5.74, 6) is -1.01. The van der Waals surface area contributed by atoms with Crippen LogP contribution in [0, 0.1) is 13.8 Å². The van der Waals surface area contributed by atoms with E-state index in [0.717, 1.165) is 16.7 Å². The van der Waals surface area contributed by atoms with E-state index in [9.17, 15) is 19.5 Å². The third-order valence-corrected chi connectivity index (χ3v) is 4.35. The lowest BCUT2D eigenvalue weighted by Gasteiger charge is -2.22. The maximum Gasteiger partial charge on any atom is 0.407 e. The molecule has 0 aromatic heterocycles. The number of hydrogen-bond donors (Lipinski definition) is 4. The zero-order chi connectivity index (χ0) is 23.1. The summed E-state index contributed by atoms with van der Waals surface area (Å²) in [6.07, 6.45) is -0.262. The van der Waals surface area contributed by atoms with Crippen molar-refractivity contribution in [1.29, 1.82) is 0 Å². The number of carbonyl (C=O) groups is 3. The first kappa shape index (κ1) is 25.2. The van der Waals surface area contributed by atoms with Crippen LogP contribution in [0.15, 0.2) is 12.1 Å². The smallest absolute Gasteiger partial charge is 0.407 e. The van der Waals surface area contributed by atoms with Crippen molar-refractivity contribution in [3.63, 3.8) is 0 Å². The number of esters is 1. The molecule has 1 rings (SSSR count). The van der Waals surface area contributed by atoms with E-state index in [1.807, 2.05) is 13.8 Å². The van der Waals surface area contributed by atoms with Gasteiger partial charge in [0.1, 0.15) is 17.4 Å². The van der Waals surface area contributed by atoms with Gasteiger partial charge in [0.15, 0.2) is 0 Å². The van der Waals surface area contributed by atoms with Crippen molar-refractivity contribution in [3.05, 3.63) is 28.8 Å². The summed E-state index contributed by atoms with van der Waals surface area (Å²) in [6, 6.07) is 1.34. The second kappa shape index (κ2) is 10.8. The van der Waals surface area contributed by atoms with Gasteiger partial charge >= 0.3 is 12.1 Å². The minimum absolute atomic E-state index is 0.0976. The third kappa shape index (κ3) is 8.28. The molecule has 2 unspecified atom stereocenters. The molecule has 0 saturated carbocycles. The van der Waals surface area contributed by atoms with Gasteiger partial charge in [0, 0.05) is 6.54 Å². The molecule has 168 valence electrons. The van der Waals surface area contributed by atoms with E-state index in [1.165, 1.54) is 7.11 Å². The zero-order valence-corrected chi connectivity index (χ0v) is 18.5. The maximum absolute atomic E-state index is 12.5. The largest absolute Gasteiger partial charge is 0.508 e. The Morgan fingerprint density at radius 1 is 1.17 bits per heavy atom. The van der Waals surface area contributed by atoms with Crippen LogP contribution in [0.2, 0.25) is 0 Å². The number of aryl methyl sites for hydroxylation is 2. The van der Waals surface area contributed by atoms with Crippen LogP contribution < -0.4 is 16.4 Å². The van der Waals surface area contributed by atoms with Crippen LogP contribution in [0.1, 0.15) is 43.9 Å². The fraction of sp³-hybridized carbons (Fsp3) is 0.571. The van der Waals surface area contributed by atoms with Crippen LogP contribution in [0.25, 0.3) is 0 Å². The highest BCUT2D eigenvalue weighted by Crippen LogP contribution is 2.21. The number of methoxy groups -OCH3 is 1. The number of phenolic OH excluding ortho intramolecular Hbond substituents is 1. The van der Waals surface area contributed by atoms with Gasteiger partial charge in [0.25, 0.3) is 0 Å². The number of phenols is 1. The molecule has 9 heteroatoms. The molecule has 0 fully saturated rings. The van der Waals surface area contributed by atoms with Crippen molar-refractivity contribution < 1.29 is 29.0 Å². The summed E-state index contributed by atoms with van der Waals surface area (Å²) < 4.78 is 9.87. The van der Waals surface area contributed by atoms with Crippen LogP contribution in [-0.4, -0.2) is 54.4 Å². The van der Waals surface area contributed by atoms with E-state index in [2.05, 4.69) is 10.6 Å². The Morgan fingerprint density at radius 2 is 1.73 bits per heavy atom. The number of benzene rings is 1. The Kier molecular flexibility index (Phi) is 9.10. The lowest BCUT2D eigenvalue weighted by Crippen LogP contribution is -2.50. The third-order valence-electron chi connectivity index (χ3n) is 4.35. The van der Waals surface area contributed by atoms with E-state index in [4.69, 9.17) is 15.2 Å². The summed E-state index contributed by atoms with van der Waals surface area (Å²) in [5, 5.41) is 14.8. The van der Waals surface area contributed by atoms with E-state index in [1.54, 1.807) is 32.9 Å². The number of rotatable bonds is 8. The van der Waals surface area contributed by atoms with Crippen molar-refractivity contribution in [2.45, 2.75) is 65.1 Å². The first-order valence-electron chi connectivity index (χ1n) is 9.73. The number of hydrogen-bond acceptors (Lipinski definition) is 7. The molecule has 0 aliphatic rings. The lowest BCUT2D eigenvalue weighted by molar-refractivity contribution is -0.145. The maximum atomic E-state index is 12.5. The molecule has 0 bridgehead atoms. The first-order chi connectivity index (χ1) is 13.8. The van der Waals surface area contributed by atoms with Gasteiger partial charge in [-0.2, -0.15) is 0 Å². The van der Waals surface area contributed by atoms with Gasteiger partial charge in [-0.25, -0.2) is 9.59 Å². The number of nitrogens with one attached hydrogen (secondary N) is 2. The minimum Gasteiger partial charge on any atom is -0.508 e. The highest BCUT2D eigenvalue weighted by molar-refractivity contribution is 5.87. The normalized spacial score (nSPS) is 13.2. The van der Waals surface area contributed by atoms with Crippen molar-refractivity contribution >= 4 is 18.0 Å². The van der Waals surface area contributed by atoms with Crippen LogP contribution in [0.5, 0.6) is 5.75 Å². The summed E-state index contributed by atoms with van der Waals surface area (Å²) in [6.45, 7) is 8.97.